The minimum absolute atomic E-state index is 0.0935. The number of carbonyl (C=O) groups is 2. The smallest absolute Gasteiger partial charge is 0.272 e. The van der Waals surface area contributed by atoms with E-state index in [1.807, 2.05) is 36.4 Å². The van der Waals surface area contributed by atoms with Crippen molar-refractivity contribution >= 4 is 28.5 Å². The summed E-state index contributed by atoms with van der Waals surface area (Å²) in [6, 6.07) is 13.9. The standard InChI is InChI=1S/C23H25N5O4/c1-32-21-9-5-4-8-20(21)27-10-12-28(13-11-27)23(31)19(15-29)26-22(30)18-14-24-16-6-2-3-7-17(16)25-18/h2-9,14,19,29H,10-13,15H2,1H3,(H,26,30). The number of carbonyl (C=O) groups excluding carboxylic acids is 2. The summed E-state index contributed by atoms with van der Waals surface area (Å²) < 4.78 is 5.43. The van der Waals surface area contributed by atoms with Crippen LogP contribution in [0.1, 0.15) is 10.5 Å². The van der Waals surface area contributed by atoms with Crippen LogP contribution in [0.2, 0.25) is 0 Å². The van der Waals surface area contributed by atoms with Crippen LogP contribution in [0.5, 0.6) is 5.75 Å². The van der Waals surface area contributed by atoms with E-state index < -0.39 is 18.6 Å². The molecule has 32 heavy (non-hydrogen) atoms. The van der Waals surface area contributed by atoms with Gasteiger partial charge in [-0.1, -0.05) is 24.3 Å². The van der Waals surface area contributed by atoms with Gasteiger partial charge in [0, 0.05) is 26.2 Å². The summed E-state index contributed by atoms with van der Waals surface area (Å²) in [5.41, 5.74) is 2.33. The first kappa shape index (κ1) is 21.5. The predicted molar refractivity (Wildman–Crippen MR) is 120 cm³/mol. The van der Waals surface area contributed by atoms with E-state index in [0.29, 0.717) is 37.2 Å². The fourth-order valence-electron chi connectivity index (χ4n) is 3.76. The van der Waals surface area contributed by atoms with Gasteiger partial charge in [0.1, 0.15) is 17.5 Å². The highest BCUT2D eigenvalue weighted by atomic mass is 16.5. The number of hydrogen-bond donors (Lipinski definition) is 2. The zero-order chi connectivity index (χ0) is 22.5. The van der Waals surface area contributed by atoms with E-state index in [0.717, 1.165) is 11.4 Å². The molecule has 0 radical (unpaired) electrons. The Morgan fingerprint density at radius 1 is 1.06 bits per heavy atom. The topological polar surface area (TPSA) is 108 Å². The molecule has 4 rings (SSSR count). The highest BCUT2D eigenvalue weighted by Crippen LogP contribution is 2.28. The van der Waals surface area contributed by atoms with Gasteiger partial charge in [0.15, 0.2) is 0 Å². The number of aliphatic hydroxyl groups is 1. The molecule has 0 saturated carbocycles. The van der Waals surface area contributed by atoms with Crippen LogP contribution in [0.15, 0.2) is 54.7 Å². The van der Waals surface area contributed by atoms with Gasteiger partial charge in [0.25, 0.3) is 5.91 Å². The zero-order valence-electron chi connectivity index (χ0n) is 17.8. The molecule has 1 aromatic heterocycles. The van der Waals surface area contributed by atoms with Gasteiger partial charge in [0.2, 0.25) is 5.91 Å². The van der Waals surface area contributed by atoms with Gasteiger partial charge >= 0.3 is 0 Å². The molecule has 0 bridgehead atoms. The number of anilines is 1. The van der Waals surface area contributed by atoms with Gasteiger partial charge in [-0.2, -0.15) is 0 Å². The Bertz CT molecular complexity index is 1110. The number of aromatic nitrogens is 2. The minimum atomic E-state index is -1.05. The number of amides is 2. The molecule has 1 aliphatic rings. The maximum absolute atomic E-state index is 12.9. The van der Waals surface area contributed by atoms with Gasteiger partial charge in [-0.25, -0.2) is 4.98 Å². The Morgan fingerprint density at radius 2 is 1.75 bits per heavy atom. The first-order chi connectivity index (χ1) is 15.6. The van der Waals surface area contributed by atoms with Gasteiger partial charge < -0.3 is 25.0 Å². The minimum Gasteiger partial charge on any atom is -0.495 e. The predicted octanol–water partition coefficient (Wildman–Crippen LogP) is 1.08. The Kier molecular flexibility index (Phi) is 6.46. The molecule has 2 N–H and O–H groups in total. The summed E-state index contributed by atoms with van der Waals surface area (Å²) in [6.07, 6.45) is 1.36. The van der Waals surface area contributed by atoms with Crippen LogP contribution in [-0.4, -0.2) is 77.7 Å². The van der Waals surface area contributed by atoms with Crippen molar-refractivity contribution < 1.29 is 19.4 Å². The summed E-state index contributed by atoms with van der Waals surface area (Å²) in [5.74, 6) is -0.0955. The third-order valence-corrected chi connectivity index (χ3v) is 5.48. The molecule has 0 aliphatic carbocycles. The molecule has 9 heteroatoms. The summed E-state index contributed by atoms with van der Waals surface area (Å²) in [7, 11) is 1.63. The molecule has 1 saturated heterocycles. The number of benzene rings is 2. The van der Waals surface area contributed by atoms with Crippen molar-refractivity contribution in [3.8, 4) is 5.75 Å². The Morgan fingerprint density at radius 3 is 2.47 bits per heavy atom. The van der Waals surface area contributed by atoms with E-state index in [1.54, 1.807) is 24.1 Å². The van der Waals surface area contributed by atoms with E-state index in [4.69, 9.17) is 4.74 Å². The van der Waals surface area contributed by atoms with E-state index in [1.165, 1.54) is 6.20 Å². The second kappa shape index (κ2) is 9.61. The molecule has 166 valence electrons. The molecule has 1 unspecified atom stereocenters. The number of ether oxygens (including phenoxy) is 1. The molecular weight excluding hydrogens is 410 g/mol. The van der Waals surface area contributed by atoms with Crippen LogP contribution in [-0.2, 0) is 4.79 Å². The van der Waals surface area contributed by atoms with E-state index in [9.17, 15) is 14.7 Å². The lowest BCUT2D eigenvalue weighted by atomic mass is 10.2. The van der Waals surface area contributed by atoms with Gasteiger partial charge in [0.05, 0.1) is 36.6 Å². The van der Waals surface area contributed by atoms with Crippen LogP contribution in [0, 0.1) is 0 Å². The molecule has 2 aromatic carbocycles. The highest BCUT2D eigenvalue weighted by molar-refractivity contribution is 5.97. The van der Waals surface area contributed by atoms with Crippen molar-refractivity contribution in [2.24, 2.45) is 0 Å². The third-order valence-electron chi connectivity index (χ3n) is 5.48. The van der Waals surface area contributed by atoms with E-state index >= 15 is 0 Å². The molecule has 2 heterocycles. The molecule has 2 amide bonds. The number of hydrogen-bond acceptors (Lipinski definition) is 7. The number of piperazine rings is 1. The van der Waals surface area contributed by atoms with Crippen molar-refractivity contribution in [3.63, 3.8) is 0 Å². The van der Waals surface area contributed by atoms with Crippen LogP contribution >= 0.6 is 0 Å². The summed E-state index contributed by atoms with van der Waals surface area (Å²) in [6.45, 7) is 1.68. The van der Waals surface area contributed by atoms with Crippen molar-refractivity contribution in [2.75, 3.05) is 44.8 Å². The lowest BCUT2D eigenvalue weighted by Gasteiger charge is -2.37. The summed E-state index contributed by atoms with van der Waals surface area (Å²) in [5, 5.41) is 12.4. The molecule has 1 fully saturated rings. The SMILES string of the molecule is COc1ccccc1N1CCN(C(=O)C(CO)NC(=O)c2cnc3ccccc3n2)CC1. The third kappa shape index (κ3) is 4.47. The molecule has 1 atom stereocenters. The molecule has 0 spiro atoms. The average Bonchev–Trinajstić information content (AvgIpc) is 2.86. The Hall–Kier alpha value is -3.72. The van der Waals surface area contributed by atoms with Gasteiger partial charge in [-0.05, 0) is 24.3 Å². The van der Waals surface area contributed by atoms with Gasteiger partial charge in [-0.15, -0.1) is 0 Å². The van der Waals surface area contributed by atoms with Crippen molar-refractivity contribution in [3.05, 3.63) is 60.4 Å². The van der Waals surface area contributed by atoms with Crippen LogP contribution in [0.4, 0.5) is 5.69 Å². The van der Waals surface area contributed by atoms with E-state index in [2.05, 4.69) is 20.2 Å². The van der Waals surface area contributed by atoms with Crippen LogP contribution < -0.4 is 15.0 Å². The number of aliphatic hydroxyl groups excluding tert-OH is 1. The number of methoxy groups -OCH3 is 1. The molecule has 3 aromatic rings. The molecule has 9 nitrogen and oxygen atoms in total. The summed E-state index contributed by atoms with van der Waals surface area (Å²) in [4.78, 5) is 37.9. The lowest BCUT2D eigenvalue weighted by molar-refractivity contribution is -0.134. The molecular formula is C23H25N5O4. The maximum Gasteiger partial charge on any atom is 0.272 e. The van der Waals surface area contributed by atoms with Crippen molar-refractivity contribution in [1.82, 2.24) is 20.2 Å². The van der Waals surface area contributed by atoms with Crippen LogP contribution in [0.25, 0.3) is 11.0 Å². The number of fused-ring (bicyclic) bond motifs is 1. The maximum atomic E-state index is 12.9. The largest absolute Gasteiger partial charge is 0.495 e. The zero-order valence-corrected chi connectivity index (χ0v) is 17.8. The summed E-state index contributed by atoms with van der Waals surface area (Å²) >= 11 is 0. The van der Waals surface area contributed by atoms with Crippen molar-refractivity contribution in [2.45, 2.75) is 6.04 Å². The highest BCUT2D eigenvalue weighted by Gasteiger charge is 2.29. The second-order valence-corrected chi connectivity index (χ2v) is 7.44. The first-order valence-electron chi connectivity index (χ1n) is 10.4. The quantitative estimate of drug-likeness (QED) is 0.596. The molecule has 1 aliphatic heterocycles. The fraction of sp³-hybridized carbons (Fsp3) is 0.304. The number of nitrogens with zero attached hydrogens (tertiary/aromatic N) is 4. The first-order valence-corrected chi connectivity index (χ1v) is 10.4. The Balaban J connectivity index is 1.39. The van der Waals surface area contributed by atoms with Crippen molar-refractivity contribution in [1.29, 1.82) is 0 Å². The number of rotatable bonds is 6. The number of para-hydroxylation sites is 4. The fourth-order valence-corrected chi connectivity index (χ4v) is 3.76. The number of nitrogens with one attached hydrogen (secondary N) is 1. The van der Waals surface area contributed by atoms with Gasteiger partial charge in [-0.3, -0.25) is 14.6 Å². The average molecular weight is 435 g/mol. The van der Waals surface area contributed by atoms with Crippen LogP contribution in [0.3, 0.4) is 0 Å². The second-order valence-electron chi connectivity index (χ2n) is 7.44. The normalized spacial score (nSPS) is 14.8. The monoisotopic (exact) mass is 435 g/mol. The Labute approximate surface area is 185 Å². The van der Waals surface area contributed by atoms with E-state index in [-0.39, 0.29) is 11.6 Å². The lowest BCUT2D eigenvalue weighted by Crippen LogP contribution is -2.56.